The van der Waals surface area contributed by atoms with Crippen LogP contribution in [-0.2, 0) is 11.0 Å². The normalized spacial score (nSPS) is 15.3. The van der Waals surface area contributed by atoms with Crippen LogP contribution in [0.3, 0.4) is 0 Å². The van der Waals surface area contributed by atoms with Crippen molar-refractivity contribution in [3.05, 3.63) is 54.2 Å². The highest BCUT2D eigenvalue weighted by Crippen LogP contribution is 2.29. The number of thioether (sulfide) groups is 1. The largest absolute Gasteiger partial charge is 0.492 e. The molecule has 1 fully saturated rings. The van der Waals surface area contributed by atoms with Gasteiger partial charge in [0.25, 0.3) is 0 Å². The van der Waals surface area contributed by atoms with E-state index in [1.807, 2.05) is 30.3 Å². The maximum Gasteiger partial charge on any atom is 0.417 e. The second-order valence-electron chi connectivity index (χ2n) is 6.56. The number of nitrogens with zero attached hydrogens (tertiary/aromatic N) is 3. The van der Waals surface area contributed by atoms with Gasteiger partial charge in [-0.3, -0.25) is 9.69 Å². The molecule has 1 aromatic heterocycles. The average molecular weight is 425 g/mol. The van der Waals surface area contributed by atoms with Crippen LogP contribution in [-0.4, -0.2) is 65.8 Å². The zero-order valence-corrected chi connectivity index (χ0v) is 16.6. The first-order valence-electron chi connectivity index (χ1n) is 9.26. The fourth-order valence-electron chi connectivity index (χ4n) is 2.89. The molecule has 29 heavy (non-hydrogen) atoms. The first kappa shape index (κ1) is 21.4. The highest BCUT2D eigenvalue weighted by molar-refractivity contribution is 7.99. The van der Waals surface area contributed by atoms with Crippen molar-refractivity contribution in [2.45, 2.75) is 11.2 Å². The molecule has 0 atom stereocenters. The lowest BCUT2D eigenvalue weighted by atomic mass is 10.3. The van der Waals surface area contributed by atoms with E-state index in [0.717, 1.165) is 49.4 Å². The second kappa shape index (κ2) is 9.98. The molecule has 5 nitrogen and oxygen atoms in total. The molecule has 0 aliphatic carbocycles. The number of hydrogen-bond acceptors (Lipinski definition) is 5. The lowest BCUT2D eigenvalue weighted by molar-refractivity contribution is -0.138. The molecule has 156 valence electrons. The van der Waals surface area contributed by atoms with Crippen molar-refractivity contribution in [2.24, 2.45) is 0 Å². The molecular formula is C20H22F3N3O2S. The van der Waals surface area contributed by atoms with Gasteiger partial charge in [-0.15, -0.1) is 0 Å². The number of hydrogen-bond donors (Lipinski definition) is 0. The number of carbonyl (C=O) groups is 1. The summed E-state index contributed by atoms with van der Waals surface area (Å²) in [5.41, 5.74) is -0.791. The van der Waals surface area contributed by atoms with Crippen LogP contribution in [0.15, 0.2) is 53.7 Å². The number of pyridine rings is 1. The summed E-state index contributed by atoms with van der Waals surface area (Å²) in [6.45, 7) is 4.19. The van der Waals surface area contributed by atoms with E-state index in [4.69, 9.17) is 4.74 Å². The number of ether oxygens (including phenoxy) is 1. The summed E-state index contributed by atoms with van der Waals surface area (Å²) in [6.07, 6.45) is -3.61. The highest BCUT2D eigenvalue weighted by Gasteiger charge is 2.30. The predicted octanol–water partition coefficient (Wildman–Crippen LogP) is 3.42. The van der Waals surface area contributed by atoms with Gasteiger partial charge in [-0.05, 0) is 24.3 Å². The Bertz CT molecular complexity index is 780. The van der Waals surface area contributed by atoms with Gasteiger partial charge in [0.2, 0.25) is 5.91 Å². The minimum atomic E-state index is -4.40. The van der Waals surface area contributed by atoms with Gasteiger partial charge in [-0.1, -0.05) is 30.0 Å². The van der Waals surface area contributed by atoms with E-state index in [1.165, 1.54) is 6.07 Å². The number of aromatic nitrogens is 1. The standard InChI is InChI=1S/C20H22F3N3O2S/c21-20(22,23)16-6-7-18(24-14-16)29-15-19(27)26-10-8-25(9-11-26)12-13-28-17-4-2-1-3-5-17/h1-7,14H,8-13,15H2. The molecule has 0 bridgehead atoms. The van der Waals surface area contributed by atoms with Crippen LogP contribution in [0.25, 0.3) is 0 Å². The van der Waals surface area contributed by atoms with Gasteiger partial charge >= 0.3 is 6.18 Å². The fraction of sp³-hybridized carbons (Fsp3) is 0.400. The van der Waals surface area contributed by atoms with Crippen LogP contribution >= 0.6 is 11.8 Å². The predicted molar refractivity (Wildman–Crippen MR) is 105 cm³/mol. The van der Waals surface area contributed by atoms with E-state index in [-0.39, 0.29) is 11.7 Å². The zero-order chi connectivity index (χ0) is 20.7. The van der Waals surface area contributed by atoms with E-state index in [0.29, 0.717) is 24.7 Å². The molecule has 0 saturated carbocycles. The number of amides is 1. The van der Waals surface area contributed by atoms with Crippen molar-refractivity contribution >= 4 is 17.7 Å². The van der Waals surface area contributed by atoms with Crippen LogP contribution in [0.1, 0.15) is 5.56 Å². The van der Waals surface area contributed by atoms with Gasteiger partial charge in [0.05, 0.1) is 16.3 Å². The van der Waals surface area contributed by atoms with Gasteiger partial charge in [-0.25, -0.2) is 4.98 Å². The molecular weight excluding hydrogens is 403 g/mol. The third-order valence-corrected chi connectivity index (χ3v) is 5.48. The van der Waals surface area contributed by atoms with Gasteiger partial charge < -0.3 is 9.64 Å². The minimum Gasteiger partial charge on any atom is -0.492 e. The van der Waals surface area contributed by atoms with E-state index in [9.17, 15) is 18.0 Å². The molecule has 1 aliphatic heterocycles. The van der Waals surface area contributed by atoms with Crippen molar-refractivity contribution in [3.8, 4) is 5.75 Å². The Balaban J connectivity index is 1.35. The Morgan fingerprint density at radius 2 is 1.79 bits per heavy atom. The van der Waals surface area contributed by atoms with Crippen molar-refractivity contribution in [1.29, 1.82) is 0 Å². The average Bonchev–Trinajstić information content (AvgIpc) is 2.73. The molecule has 0 N–H and O–H groups in total. The summed E-state index contributed by atoms with van der Waals surface area (Å²) in [6, 6.07) is 11.9. The molecule has 9 heteroatoms. The summed E-state index contributed by atoms with van der Waals surface area (Å²) in [5.74, 6) is 0.974. The maximum atomic E-state index is 12.6. The van der Waals surface area contributed by atoms with Crippen molar-refractivity contribution in [3.63, 3.8) is 0 Å². The molecule has 2 heterocycles. The summed E-state index contributed by atoms with van der Waals surface area (Å²) in [5, 5.41) is 0.406. The quantitative estimate of drug-likeness (QED) is 0.637. The molecule has 1 saturated heterocycles. The van der Waals surface area contributed by atoms with E-state index >= 15 is 0 Å². The molecule has 1 aliphatic rings. The minimum absolute atomic E-state index is 0.0307. The van der Waals surface area contributed by atoms with Crippen LogP contribution < -0.4 is 4.74 Å². The number of carbonyl (C=O) groups excluding carboxylic acids is 1. The number of alkyl halides is 3. The Labute approximate surface area is 171 Å². The zero-order valence-electron chi connectivity index (χ0n) is 15.8. The molecule has 1 aromatic carbocycles. The van der Waals surface area contributed by atoms with Gasteiger partial charge in [0, 0.05) is 38.9 Å². The first-order chi connectivity index (χ1) is 13.9. The number of halogens is 3. The molecule has 2 aromatic rings. The number of piperazine rings is 1. The summed E-state index contributed by atoms with van der Waals surface area (Å²) in [7, 11) is 0. The van der Waals surface area contributed by atoms with Crippen LogP contribution in [0.4, 0.5) is 13.2 Å². The SMILES string of the molecule is O=C(CSc1ccc(C(F)(F)F)cn1)N1CCN(CCOc2ccccc2)CC1. The van der Waals surface area contributed by atoms with Gasteiger partial charge in [-0.2, -0.15) is 13.2 Å². The lowest BCUT2D eigenvalue weighted by Crippen LogP contribution is -2.50. The monoisotopic (exact) mass is 425 g/mol. The molecule has 1 amide bonds. The van der Waals surface area contributed by atoms with E-state index in [2.05, 4.69) is 9.88 Å². The molecule has 0 unspecified atom stereocenters. The summed E-state index contributed by atoms with van der Waals surface area (Å²) in [4.78, 5) is 20.2. The summed E-state index contributed by atoms with van der Waals surface area (Å²) >= 11 is 1.15. The third-order valence-electron chi connectivity index (χ3n) is 4.55. The Hall–Kier alpha value is -2.26. The first-order valence-corrected chi connectivity index (χ1v) is 10.2. The number of para-hydroxylation sites is 1. The number of benzene rings is 1. The van der Waals surface area contributed by atoms with Crippen molar-refractivity contribution in [2.75, 3.05) is 45.1 Å². The van der Waals surface area contributed by atoms with Crippen molar-refractivity contribution < 1.29 is 22.7 Å². The maximum absolute atomic E-state index is 12.6. The van der Waals surface area contributed by atoms with Gasteiger partial charge in [0.15, 0.2) is 0 Å². The smallest absolute Gasteiger partial charge is 0.417 e. The molecule has 0 spiro atoms. The van der Waals surface area contributed by atoms with Crippen molar-refractivity contribution in [1.82, 2.24) is 14.8 Å². The molecule has 0 radical (unpaired) electrons. The topological polar surface area (TPSA) is 45.7 Å². The summed E-state index contributed by atoms with van der Waals surface area (Å²) < 4.78 is 43.4. The highest BCUT2D eigenvalue weighted by atomic mass is 32.2. The van der Waals surface area contributed by atoms with Gasteiger partial charge in [0.1, 0.15) is 12.4 Å². The Morgan fingerprint density at radius 1 is 1.07 bits per heavy atom. The Kier molecular flexibility index (Phi) is 7.38. The van der Waals surface area contributed by atoms with Crippen LogP contribution in [0, 0.1) is 0 Å². The Morgan fingerprint density at radius 3 is 2.41 bits per heavy atom. The second-order valence-corrected chi connectivity index (χ2v) is 7.55. The number of rotatable bonds is 7. The lowest BCUT2D eigenvalue weighted by Gasteiger charge is -2.34. The van der Waals surface area contributed by atoms with Crippen LogP contribution in [0.2, 0.25) is 0 Å². The molecule has 3 rings (SSSR count). The van der Waals surface area contributed by atoms with Crippen LogP contribution in [0.5, 0.6) is 5.75 Å². The third kappa shape index (κ3) is 6.64. The van der Waals surface area contributed by atoms with E-state index < -0.39 is 11.7 Å². The fourth-order valence-corrected chi connectivity index (χ4v) is 3.64. The van der Waals surface area contributed by atoms with E-state index in [1.54, 1.807) is 4.90 Å².